The second kappa shape index (κ2) is 8.35. The average molecular weight is 337 g/mol. The van der Waals surface area contributed by atoms with Crippen molar-refractivity contribution >= 4 is 17.8 Å². The standard InChI is InChI=1S/C17H31N5O2/c1-4-18-16(19-11-14(23)21-13-7-8-13)20-12-17(9-5-6-10-17)15(24)22(2)3/h13H,4-12H2,1-3H3,(H,21,23)(H2,18,19,20). The fourth-order valence-corrected chi connectivity index (χ4v) is 3.24. The van der Waals surface area contributed by atoms with E-state index in [9.17, 15) is 9.59 Å². The molecule has 0 aromatic rings. The van der Waals surface area contributed by atoms with Gasteiger partial charge in [0.25, 0.3) is 0 Å². The van der Waals surface area contributed by atoms with Crippen LogP contribution in [0.3, 0.4) is 0 Å². The summed E-state index contributed by atoms with van der Waals surface area (Å²) in [6, 6.07) is 0.350. The number of nitrogens with zero attached hydrogens (tertiary/aromatic N) is 2. The van der Waals surface area contributed by atoms with Gasteiger partial charge in [-0.1, -0.05) is 12.8 Å². The summed E-state index contributed by atoms with van der Waals surface area (Å²) in [6.07, 6.45) is 6.11. The highest BCUT2D eigenvalue weighted by molar-refractivity contribution is 5.87. The molecule has 0 heterocycles. The van der Waals surface area contributed by atoms with Crippen LogP contribution in [0.5, 0.6) is 0 Å². The number of carbonyl (C=O) groups excluding carboxylic acids is 2. The minimum absolute atomic E-state index is 0.0466. The van der Waals surface area contributed by atoms with Crippen molar-refractivity contribution in [2.45, 2.75) is 51.5 Å². The van der Waals surface area contributed by atoms with Crippen molar-refractivity contribution in [1.29, 1.82) is 0 Å². The van der Waals surface area contributed by atoms with E-state index in [1.807, 2.05) is 21.0 Å². The Hall–Kier alpha value is -1.79. The lowest BCUT2D eigenvalue weighted by Gasteiger charge is -2.31. The predicted octanol–water partition coefficient (Wildman–Crippen LogP) is 0.469. The maximum atomic E-state index is 12.6. The largest absolute Gasteiger partial charge is 0.357 e. The molecule has 2 aliphatic carbocycles. The number of carbonyl (C=O) groups is 2. The summed E-state index contributed by atoms with van der Waals surface area (Å²) in [5.74, 6) is 0.728. The highest BCUT2D eigenvalue weighted by Gasteiger charge is 2.42. The summed E-state index contributed by atoms with van der Waals surface area (Å²) in [4.78, 5) is 30.4. The fourth-order valence-electron chi connectivity index (χ4n) is 3.24. The van der Waals surface area contributed by atoms with Gasteiger partial charge in [0.05, 0.1) is 5.41 Å². The van der Waals surface area contributed by atoms with E-state index in [0.29, 0.717) is 25.1 Å². The molecule has 0 aliphatic heterocycles. The molecule has 0 bridgehead atoms. The third-order valence-electron chi connectivity index (χ3n) is 4.68. The first kappa shape index (κ1) is 18.5. The number of rotatable bonds is 7. The summed E-state index contributed by atoms with van der Waals surface area (Å²) < 4.78 is 0. The van der Waals surface area contributed by atoms with Crippen LogP contribution in [0.4, 0.5) is 0 Å². The first-order valence-electron chi connectivity index (χ1n) is 9.00. The van der Waals surface area contributed by atoms with Crippen LogP contribution in [0.2, 0.25) is 0 Å². The molecule has 0 saturated heterocycles. The van der Waals surface area contributed by atoms with Crippen molar-refractivity contribution in [3.63, 3.8) is 0 Å². The highest BCUT2D eigenvalue weighted by atomic mass is 16.2. The zero-order chi connectivity index (χ0) is 17.6. The van der Waals surface area contributed by atoms with Gasteiger partial charge in [0.1, 0.15) is 6.54 Å². The van der Waals surface area contributed by atoms with Crippen molar-refractivity contribution in [3.8, 4) is 0 Å². The van der Waals surface area contributed by atoms with Crippen molar-refractivity contribution in [2.75, 3.05) is 33.7 Å². The third kappa shape index (κ3) is 5.11. The van der Waals surface area contributed by atoms with E-state index < -0.39 is 0 Å². The van der Waals surface area contributed by atoms with Gasteiger partial charge in [-0.05, 0) is 32.6 Å². The fraction of sp³-hybridized carbons (Fsp3) is 0.824. The Labute approximate surface area is 144 Å². The van der Waals surface area contributed by atoms with Gasteiger partial charge in [-0.2, -0.15) is 0 Å². The molecule has 2 fully saturated rings. The van der Waals surface area contributed by atoms with Crippen LogP contribution in [0, 0.1) is 5.41 Å². The topological polar surface area (TPSA) is 85.8 Å². The Bertz CT molecular complexity index is 479. The summed E-state index contributed by atoms with van der Waals surface area (Å²) in [7, 11) is 3.62. The van der Waals surface area contributed by atoms with Crippen LogP contribution in [0.25, 0.3) is 0 Å². The van der Waals surface area contributed by atoms with E-state index in [0.717, 1.165) is 38.5 Å². The van der Waals surface area contributed by atoms with Crippen molar-refractivity contribution in [2.24, 2.45) is 10.4 Å². The molecule has 0 aromatic heterocycles. The molecule has 0 unspecified atom stereocenters. The van der Waals surface area contributed by atoms with Crippen LogP contribution in [-0.4, -0.2) is 62.4 Å². The minimum Gasteiger partial charge on any atom is -0.357 e. The number of guanidine groups is 1. The molecule has 2 saturated carbocycles. The Kier molecular flexibility index (Phi) is 6.45. The van der Waals surface area contributed by atoms with Gasteiger partial charge in [-0.25, -0.2) is 4.99 Å². The molecule has 7 heteroatoms. The molecular formula is C17H31N5O2. The van der Waals surface area contributed by atoms with Gasteiger partial charge in [-0.15, -0.1) is 0 Å². The summed E-state index contributed by atoms with van der Waals surface area (Å²) in [5, 5.41) is 9.35. The Balaban J connectivity index is 1.92. The maximum absolute atomic E-state index is 12.6. The monoisotopic (exact) mass is 337 g/mol. The van der Waals surface area contributed by atoms with Crippen LogP contribution in [0.1, 0.15) is 45.4 Å². The first-order valence-corrected chi connectivity index (χ1v) is 9.00. The van der Waals surface area contributed by atoms with Gasteiger partial charge in [-0.3, -0.25) is 9.59 Å². The van der Waals surface area contributed by atoms with E-state index in [1.165, 1.54) is 0 Å². The maximum Gasteiger partial charge on any atom is 0.242 e. The molecule has 136 valence electrons. The molecule has 0 radical (unpaired) electrons. The zero-order valence-corrected chi connectivity index (χ0v) is 15.2. The van der Waals surface area contributed by atoms with Crippen molar-refractivity contribution < 1.29 is 9.59 Å². The zero-order valence-electron chi connectivity index (χ0n) is 15.2. The summed E-state index contributed by atoms with van der Waals surface area (Å²) in [5.41, 5.74) is -0.351. The molecule has 3 N–H and O–H groups in total. The molecule has 0 atom stereocenters. The lowest BCUT2D eigenvalue weighted by atomic mass is 9.84. The number of hydrogen-bond acceptors (Lipinski definition) is 3. The minimum atomic E-state index is -0.351. The number of aliphatic imine (C=N–C) groups is 1. The van der Waals surface area contributed by atoms with Crippen molar-refractivity contribution in [1.82, 2.24) is 20.9 Å². The summed E-state index contributed by atoms with van der Waals surface area (Å²) in [6.45, 7) is 3.36. The SMILES string of the molecule is CCNC(=NCC(=O)NC1CC1)NCC1(C(=O)N(C)C)CCCC1. The Morgan fingerprint density at radius 1 is 1.17 bits per heavy atom. The van der Waals surface area contributed by atoms with Crippen LogP contribution in [0.15, 0.2) is 4.99 Å². The van der Waals surface area contributed by atoms with Gasteiger partial charge in [0, 0.05) is 33.2 Å². The molecule has 0 spiro atoms. The number of hydrogen-bond donors (Lipinski definition) is 3. The quantitative estimate of drug-likeness (QED) is 0.466. The lowest BCUT2D eigenvalue weighted by molar-refractivity contribution is -0.138. The molecule has 2 aliphatic rings. The second-order valence-corrected chi connectivity index (χ2v) is 7.08. The molecular weight excluding hydrogens is 306 g/mol. The number of amides is 2. The van der Waals surface area contributed by atoms with Crippen LogP contribution in [-0.2, 0) is 9.59 Å². The van der Waals surface area contributed by atoms with E-state index in [4.69, 9.17) is 0 Å². The van der Waals surface area contributed by atoms with Crippen LogP contribution < -0.4 is 16.0 Å². The van der Waals surface area contributed by atoms with E-state index in [-0.39, 0.29) is 23.8 Å². The third-order valence-corrected chi connectivity index (χ3v) is 4.68. The van der Waals surface area contributed by atoms with E-state index in [2.05, 4.69) is 20.9 Å². The first-order chi connectivity index (χ1) is 11.5. The van der Waals surface area contributed by atoms with Gasteiger partial charge in [0.15, 0.2) is 5.96 Å². The number of nitrogens with one attached hydrogen (secondary N) is 3. The smallest absolute Gasteiger partial charge is 0.242 e. The Morgan fingerprint density at radius 3 is 2.38 bits per heavy atom. The molecule has 24 heavy (non-hydrogen) atoms. The molecule has 2 amide bonds. The van der Waals surface area contributed by atoms with Gasteiger partial charge >= 0.3 is 0 Å². The van der Waals surface area contributed by atoms with Crippen LogP contribution >= 0.6 is 0 Å². The predicted molar refractivity (Wildman–Crippen MR) is 94.7 cm³/mol. The lowest BCUT2D eigenvalue weighted by Crippen LogP contribution is -2.49. The van der Waals surface area contributed by atoms with E-state index >= 15 is 0 Å². The summed E-state index contributed by atoms with van der Waals surface area (Å²) >= 11 is 0. The van der Waals surface area contributed by atoms with Gasteiger partial charge in [0.2, 0.25) is 11.8 Å². The van der Waals surface area contributed by atoms with Gasteiger partial charge < -0.3 is 20.9 Å². The normalized spacial score (nSPS) is 19.7. The highest BCUT2D eigenvalue weighted by Crippen LogP contribution is 2.38. The van der Waals surface area contributed by atoms with E-state index in [1.54, 1.807) is 4.90 Å². The average Bonchev–Trinajstić information content (AvgIpc) is 3.23. The molecule has 0 aromatic carbocycles. The molecule has 7 nitrogen and oxygen atoms in total. The Morgan fingerprint density at radius 2 is 1.83 bits per heavy atom. The second-order valence-electron chi connectivity index (χ2n) is 7.08. The molecule has 2 rings (SSSR count). The van der Waals surface area contributed by atoms with Crippen molar-refractivity contribution in [3.05, 3.63) is 0 Å².